The molecule has 130 valence electrons. The van der Waals surface area contributed by atoms with Crippen molar-refractivity contribution in [3.8, 4) is 0 Å². The van der Waals surface area contributed by atoms with E-state index < -0.39 is 0 Å². The van der Waals surface area contributed by atoms with Crippen molar-refractivity contribution < 1.29 is 9.90 Å². The van der Waals surface area contributed by atoms with Crippen molar-refractivity contribution in [1.82, 2.24) is 0 Å². The van der Waals surface area contributed by atoms with Gasteiger partial charge in [-0.3, -0.25) is 4.79 Å². The molecule has 2 aliphatic rings. The maximum absolute atomic E-state index is 13.0. The van der Waals surface area contributed by atoms with Gasteiger partial charge in [0, 0.05) is 17.6 Å². The molecule has 1 N–H and O–H groups in total. The van der Waals surface area contributed by atoms with Crippen LogP contribution in [0.5, 0.6) is 0 Å². The molecule has 1 aromatic carbocycles. The minimum absolute atomic E-state index is 0.136. The van der Waals surface area contributed by atoms with Crippen LogP contribution < -0.4 is 0 Å². The fourth-order valence-electron chi connectivity index (χ4n) is 4.27. The number of thioether (sulfide) groups is 1. The largest absolute Gasteiger partial charge is 0.512 e. The molecule has 1 unspecified atom stereocenters. The van der Waals surface area contributed by atoms with Gasteiger partial charge in [-0.15, -0.1) is 0 Å². The fourth-order valence-corrected chi connectivity index (χ4v) is 5.28. The molecule has 0 radical (unpaired) electrons. The number of aliphatic hydroxyl groups excluding tert-OH is 1. The van der Waals surface area contributed by atoms with E-state index in [-0.39, 0.29) is 10.5 Å². The van der Waals surface area contributed by atoms with Crippen LogP contribution in [0.2, 0.25) is 0 Å². The summed E-state index contributed by atoms with van der Waals surface area (Å²) in [4.78, 5) is 13.0. The highest BCUT2D eigenvalue weighted by molar-refractivity contribution is 8.00. The molecule has 2 aliphatic carbocycles. The topological polar surface area (TPSA) is 37.3 Å². The van der Waals surface area contributed by atoms with Crippen LogP contribution in [0, 0.1) is 12.8 Å². The number of hydrogen-bond acceptors (Lipinski definition) is 3. The summed E-state index contributed by atoms with van der Waals surface area (Å²) in [5, 5.41) is 10.8. The van der Waals surface area contributed by atoms with Crippen molar-refractivity contribution >= 4 is 23.1 Å². The van der Waals surface area contributed by atoms with E-state index in [9.17, 15) is 9.90 Å². The maximum atomic E-state index is 13.0. The minimum Gasteiger partial charge on any atom is -0.512 e. The van der Waals surface area contributed by atoms with Crippen LogP contribution in [0.1, 0.15) is 61.8 Å². The summed E-state index contributed by atoms with van der Waals surface area (Å²) in [6.07, 6.45) is 7.50. The van der Waals surface area contributed by atoms with E-state index in [1.807, 2.05) is 11.8 Å². The predicted octanol–water partition coefficient (Wildman–Crippen LogP) is 5.26. The van der Waals surface area contributed by atoms with E-state index in [2.05, 4.69) is 39.2 Å². The Labute approximate surface area is 149 Å². The second-order valence-electron chi connectivity index (χ2n) is 7.28. The lowest BCUT2D eigenvalue weighted by Gasteiger charge is -2.30. The molecular formula is C21H28O2S. The summed E-state index contributed by atoms with van der Waals surface area (Å²) >= 11 is 1.88. The summed E-state index contributed by atoms with van der Waals surface area (Å²) in [5.41, 5.74) is 5.22. The number of carbonyl (C=O) groups excluding carboxylic acids is 1. The molecule has 3 rings (SSSR count). The standard InChI is InChI=1S/C21H28O2S/c1-5-14-9-13(3)10-15(6-2)19(14)20-17(22)11-16(12-18(20)23)21(24-4)7-8-21/h9-10,16,22H,5-8,11-12H2,1-4H3. The molecule has 2 nitrogen and oxygen atoms in total. The monoisotopic (exact) mass is 344 g/mol. The highest BCUT2D eigenvalue weighted by atomic mass is 32.2. The maximum Gasteiger partial charge on any atom is 0.167 e. The molecule has 0 bridgehead atoms. The van der Waals surface area contributed by atoms with E-state index in [1.165, 1.54) is 29.5 Å². The van der Waals surface area contributed by atoms with Gasteiger partial charge in [0.25, 0.3) is 0 Å². The first-order valence-electron chi connectivity index (χ1n) is 9.09. The Balaban J connectivity index is 2.06. The normalized spacial score (nSPS) is 22.8. The molecule has 24 heavy (non-hydrogen) atoms. The van der Waals surface area contributed by atoms with Gasteiger partial charge in [-0.1, -0.05) is 31.5 Å². The quantitative estimate of drug-likeness (QED) is 0.791. The SMILES string of the molecule is CCc1cc(C)cc(CC)c1C1=C(O)CC(C2(SC)CC2)CC1=O. The smallest absolute Gasteiger partial charge is 0.167 e. The van der Waals surface area contributed by atoms with Gasteiger partial charge < -0.3 is 5.11 Å². The number of benzene rings is 1. The zero-order chi connectivity index (χ0) is 17.5. The van der Waals surface area contributed by atoms with E-state index in [1.54, 1.807) is 0 Å². The van der Waals surface area contributed by atoms with Crippen molar-refractivity contribution in [2.45, 2.75) is 64.0 Å². The van der Waals surface area contributed by atoms with Crippen molar-refractivity contribution in [1.29, 1.82) is 0 Å². The summed E-state index contributed by atoms with van der Waals surface area (Å²) in [7, 11) is 0. The summed E-state index contributed by atoms with van der Waals surface area (Å²) in [5.74, 6) is 0.756. The molecular weight excluding hydrogens is 316 g/mol. The first kappa shape index (κ1) is 17.6. The lowest BCUT2D eigenvalue weighted by molar-refractivity contribution is -0.115. The average molecular weight is 345 g/mol. The Hall–Kier alpha value is -1.22. The number of carbonyl (C=O) groups is 1. The molecule has 3 heteroatoms. The second-order valence-corrected chi connectivity index (χ2v) is 8.51. The number of Topliss-reactive ketones (excluding diaryl/α,β-unsaturated/α-hetero) is 1. The van der Waals surface area contributed by atoms with Crippen LogP contribution in [0.4, 0.5) is 0 Å². The molecule has 0 amide bonds. The van der Waals surface area contributed by atoms with Gasteiger partial charge in [-0.25, -0.2) is 0 Å². The van der Waals surface area contributed by atoms with Crippen molar-refractivity contribution in [3.05, 3.63) is 40.1 Å². The Morgan fingerprint density at radius 1 is 1.17 bits per heavy atom. The predicted molar refractivity (Wildman–Crippen MR) is 103 cm³/mol. The van der Waals surface area contributed by atoms with Crippen molar-refractivity contribution in [2.24, 2.45) is 5.92 Å². The van der Waals surface area contributed by atoms with Gasteiger partial charge in [0.2, 0.25) is 0 Å². The number of rotatable bonds is 5. The molecule has 0 spiro atoms. The summed E-state index contributed by atoms with van der Waals surface area (Å²) < 4.78 is 0.240. The zero-order valence-electron chi connectivity index (χ0n) is 15.2. The van der Waals surface area contributed by atoms with Gasteiger partial charge in [0.15, 0.2) is 5.78 Å². The third-order valence-electron chi connectivity index (χ3n) is 5.79. The molecule has 1 atom stereocenters. The van der Waals surface area contributed by atoms with E-state index in [0.717, 1.165) is 18.4 Å². The molecule has 0 saturated heterocycles. The molecule has 0 heterocycles. The molecule has 1 aromatic rings. The Bertz CT molecular complexity index is 673. The summed E-state index contributed by atoms with van der Waals surface area (Å²) in [6.45, 7) is 6.35. The third-order valence-corrected chi connectivity index (χ3v) is 7.34. The van der Waals surface area contributed by atoms with Crippen molar-refractivity contribution in [3.63, 3.8) is 0 Å². The van der Waals surface area contributed by atoms with Gasteiger partial charge in [-0.05, 0) is 61.5 Å². The highest BCUT2D eigenvalue weighted by Gasteiger charge is 2.51. The van der Waals surface area contributed by atoms with Crippen LogP contribution >= 0.6 is 11.8 Å². The Morgan fingerprint density at radius 2 is 1.75 bits per heavy atom. The van der Waals surface area contributed by atoms with Gasteiger partial charge in [0.1, 0.15) is 5.76 Å². The lowest BCUT2D eigenvalue weighted by Crippen LogP contribution is -2.28. The molecule has 0 aromatic heterocycles. The van der Waals surface area contributed by atoms with Gasteiger partial charge >= 0.3 is 0 Å². The van der Waals surface area contributed by atoms with Crippen LogP contribution in [0.25, 0.3) is 5.57 Å². The summed E-state index contributed by atoms with van der Waals surface area (Å²) in [6, 6.07) is 4.33. The van der Waals surface area contributed by atoms with Gasteiger partial charge in [-0.2, -0.15) is 11.8 Å². The first-order valence-corrected chi connectivity index (χ1v) is 10.3. The lowest BCUT2D eigenvalue weighted by atomic mass is 9.78. The van der Waals surface area contributed by atoms with E-state index in [0.29, 0.717) is 30.1 Å². The van der Waals surface area contributed by atoms with E-state index in [4.69, 9.17) is 0 Å². The highest BCUT2D eigenvalue weighted by Crippen LogP contribution is 2.57. The third kappa shape index (κ3) is 2.92. The van der Waals surface area contributed by atoms with Crippen LogP contribution in [-0.2, 0) is 17.6 Å². The minimum atomic E-state index is 0.136. The Kier molecular flexibility index (Phi) is 4.83. The van der Waals surface area contributed by atoms with Crippen LogP contribution in [0.15, 0.2) is 17.9 Å². The van der Waals surface area contributed by atoms with Crippen LogP contribution in [0.3, 0.4) is 0 Å². The second kappa shape index (κ2) is 6.59. The average Bonchev–Trinajstić information content (AvgIpc) is 3.35. The zero-order valence-corrected chi connectivity index (χ0v) is 16.1. The fraction of sp³-hybridized carbons (Fsp3) is 0.571. The van der Waals surface area contributed by atoms with Crippen molar-refractivity contribution in [2.75, 3.05) is 6.26 Å². The number of hydrogen-bond donors (Lipinski definition) is 1. The first-order chi connectivity index (χ1) is 11.5. The molecule has 1 saturated carbocycles. The number of allylic oxidation sites excluding steroid dienone is 2. The van der Waals surface area contributed by atoms with Gasteiger partial charge in [0.05, 0.1) is 5.57 Å². The molecule has 1 fully saturated rings. The van der Waals surface area contributed by atoms with Crippen LogP contribution in [-0.4, -0.2) is 21.9 Å². The number of aliphatic hydroxyl groups is 1. The molecule has 0 aliphatic heterocycles. The van der Waals surface area contributed by atoms with E-state index >= 15 is 0 Å². The number of ketones is 1. The number of aryl methyl sites for hydroxylation is 3. The Morgan fingerprint density at radius 3 is 2.17 bits per heavy atom.